The molecule has 0 saturated heterocycles. The Morgan fingerprint density at radius 1 is 1.05 bits per heavy atom. The molecule has 0 bridgehead atoms. The quantitative estimate of drug-likeness (QED) is 0.171. The summed E-state index contributed by atoms with van der Waals surface area (Å²) in [6.07, 6.45) is 7.59. The first-order valence-electron chi connectivity index (χ1n) is 13.4. The number of fused-ring (bicyclic) bond motifs is 3. The zero-order valence-corrected chi connectivity index (χ0v) is 24.0. The molecule has 0 saturated carbocycles. The molecule has 1 aliphatic heterocycles. The van der Waals surface area contributed by atoms with Gasteiger partial charge in [-0.3, -0.25) is 4.99 Å². The number of rotatable bonds is 7. The average molecular weight is 598 g/mol. The number of methoxy groups -OCH3 is 1. The molecule has 202 valence electrons. The standard InChI is InChI=1S/C34H30BrFN2O2/c1-21-9-14-31-29(15-21)27-7-4-8-28(27)33(38-31)24-10-12-26(13-11-24)37-19-23-17-30(35)34(32(18-23)39-2)40-20-22-5-3-6-25(36)16-22/h3-7,9-19,27-28,33,38H,8,20H2,1-2H3/t27-,28-,33+/m1/s1. The molecule has 0 unspecified atom stereocenters. The van der Waals surface area contributed by atoms with E-state index in [2.05, 4.69) is 82.8 Å². The van der Waals surface area contributed by atoms with Gasteiger partial charge >= 0.3 is 0 Å². The van der Waals surface area contributed by atoms with Crippen LogP contribution in [-0.2, 0) is 6.61 Å². The maximum Gasteiger partial charge on any atom is 0.175 e. The summed E-state index contributed by atoms with van der Waals surface area (Å²) in [5.41, 5.74) is 7.69. The summed E-state index contributed by atoms with van der Waals surface area (Å²) < 4.78 is 25.8. The van der Waals surface area contributed by atoms with Crippen LogP contribution in [0.3, 0.4) is 0 Å². The van der Waals surface area contributed by atoms with Gasteiger partial charge in [0.15, 0.2) is 11.5 Å². The molecular formula is C34H30BrFN2O2. The number of hydrogen-bond donors (Lipinski definition) is 1. The molecule has 40 heavy (non-hydrogen) atoms. The molecule has 2 aliphatic rings. The molecule has 1 N–H and O–H groups in total. The Bertz CT molecular complexity index is 1600. The minimum atomic E-state index is -0.290. The number of hydrogen-bond acceptors (Lipinski definition) is 4. The van der Waals surface area contributed by atoms with E-state index in [0.29, 0.717) is 23.3 Å². The molecule has 0 radical (unpaired) electrons. The fourth-order valence-electron chi connectivity index (χ4n) is 5.70. The largest absolute Gasteiger partial charge is 0.493 e. The first-order chi connectivity index (χ1) is 19.5. The van der Waals surface area contributed by atoms with Crippen molar-refractivity contribution in [3.63, 3.8) is 0 Å². The number of anilines is 1. The molecule has 3 atom stereocenters. The molecule has 1 heterocycles. The summed E-state index contributed by atoms with van der Waals surface area (Å²) in [6, 6.07) is 25.6. The highest BCUT2D eigenvalue weighted by atomic mass is 79.9. The summed E-state index contributed by atoms with van der Waals surface area (Å²) in [5, 5.41) is 3.81. The molecule has 4 aromatic carbocycles. The Balaban J connectivity index is 1.17. The third-order valence-electron chi connectivity index (χ3n) is 7.66. The summed E-state index contributed by atoms with van der Waals surface area (Å²) in [7, 11) is 1.60. The number of halogens is 2. The molecule has 0 amide bonds. The molecular weight excluding hydrogens is 567 g/mol. The van der Waals surface area contributed by atoms with E-state index in [1.54, 1.807) is 13.2 Å². The number of aliphatic imine (C=N–C) groups is 1. The van der Waals surface area contributed by atoms with Crippen LogP contribution in [0.2, 0.25) is 0 Å². The predicted octanol–water partition coefficient (Wildman–Crippen LogP) is 9.06. The molecule has 6 rings (SSSR count). The second-order valence-corrected chi connectivity index (χ2v) is 11.2. The van der Waals surface area contributed by atoms with Gasteiger partial charge < -0.3 is 14.8 Å². The summed E-state index contributed by atoms with van der Waals surface area (Å²) in [6.45, 7) is 2.39. The Hall–Kier alpha value is -3.90. The van der Waals surface area contributed by atoms with Crippen LogP contribution in [0.1, 0.15) is 46.2 Å². The van der Waals surface area contributed by atoms with Crippen molar-refractivity contribution in [2.75, 3.05) is 12.4 Å². The van der Waals surface area contributed by atoms with Gasteiger partial charge in [0, 0.05) is 17.8 Å². The number of benzene rings is 4. The van der Waals surface area contributed by atoms with Gasteiger partial charge in [-0.05, 0) is 99.9 Å². The Morgan fingerprint density at radius 2 is 1.90 bits per heavy atom. The number of nitrogens with zero attached hydrogens (tertiary/aromatic N) is 1. The monoisotopic (exact) mass is 596 g/mol. The molecule has 4 nitrogen and oxygen atoms in total. The molecule has 6 heteroatoms. The van der Waals surface area contributed by atoms with Crippen molar-refractivity contribution in [3.05, 3.63) is 129 Å². The van der Waals surface area contributed by atoms with Gasteiger partial charge in [-0.2, -0.15) is 0 Å². The van der Waals surface area contributed by atoms with Crippen LogP contribution >= 0.6 is 15.9 Å². The molecule has 4 aromatic rings. The van der Waals surface area contributed by atoms with Gasteiger partial charge in [-0.1, -0.05) is 54.1 Å². The van der Waals surface area contributed by atoms with Crippen molar-refractivity contribution in [1.29, 1.82) is 0 Å². The predicted molar refractivity (Wildman–Crippen MR) is 163 cm³/mol. The number of nitrogens with one attached hydrogen (secondary N) is 1. The maximum absolute atomic E-state index is 13.5. The van der Waals surface area contributed by atoms with Crippen LogP contribution in [0.25, 0.3) is 0 Å². The van der Waals surface area contributed by atoms with Gasteiger partial charge in [-0.15, -0.1) is 0 Å². The first kappa shape index (κ1) is 26.3. The van der Waals surface area contributed by atoms with Crippen LogP contribution in [0.5, 0.6) is 11.5 Å². The van der Waals surface area contributed by atoms with Crippen LogP contribution in [0.4, 0.5) is 15.8 Å². The number of aryl methyl sites for hydroxylation is 1. The molecule has 0 fully saturated rings. The van der Waals surface area contributed by atoms with E-state index in [0.717, 1.165) is 27.7 Å². The number of allylic oxidation sites excluding steroid dienone is 2. The van der Waals surface area contributed by atoms with Crippen LogP contribution in [0.15, 0.2) is 100 Å². The highest BCUT2D eigenvalue weighted by Gasteiger charge is 2.37. The lowest BCUT2D eigenvalue weighted by molar-refractivity contribution is 0.282. The van der Waals surface area contributed by atoms with E-state index in [-0.39, 0.29) is 18.5 Å². The van der Waals surface area contributed by atoms with Gasteiger partial charge in [0.25, 0.3) is 0 Å². The van der Waals surface area contributed by atoms with Gasteiger partial charge in [0.1, 0.15) is 12.4 Å². The van der Waals surface area contributed by atoms with E-state index in [4.69, 9.17) is 14.5 Å². The topological polar surface area (TPSA) is 42.8 Å². The molecule has 0 aromatic heterocycles. The van der Waals surface area contributed by atoms with Crippen molar-refractivity contribution < 1.29 is 13.9 Å². The van der Waals surface area contributed by atoms with Crippen molar-refractivity contribution in [1.82, 2.24) is 0 Å². The second kappa shape index (κ2) is 11.3. The molecule has 0 spiro atoms. The van der Waals surface area contributed by atoms with Crippen LogP contribution in [-0.4, -0.2) is 13.3 Å². The second-order valence-electron chi connectivity index (χ2n) is 10.4. The highest BCUT2D eigenvalue weighted by Crippen LogP contribution is 2.50. The first-order valence-corrected chi connectivity index (χ1v) is 14.2. The minimum absolute atomic E-state index is 0.227. The third-order valence-corrected chi connectivity index (χ3v) is 8.25. The normalized spacial score (nSPS) is 19.2. The van der Waals surface area contributed by atoms with Crippen molar-refractivity contribution in [2.24, 2.45) is 10.9 Å². The third kappa shape index (κ3) is 5.41. The van der Waals surface area contributed by atoms with E-state index in [1.807, 2.05) is 24.4 Å². The number of ether oxygens (including phenoxy) is 2. The smallest absolute Gasteiger partial charge is 0.175 e. The lowest BCUT2D eigenvalue weighted by atomic mass is 9.76. The van der Waals surface area contributed by atoms with Gasteiger partial charge in [0.05, 0.1) is 23.3 Å². The van der Waals surface area contributed by atoms with Crippen LogP contribution < -0.4 is 14.8 Å². The maximum atomic E-state index is 13.5. The summed E-state index contributed by atoms with van der Waals surface area (Å²) in [5.74, 6) is 1.80. The summed E-state index contributed by atoms with van der Waals surface area (Å²) >= 11 is 3.59. The SMILES string of the molecule is COc1cc(C=Nc2ccc([C@@H]3Nc4ccc(C)cc4[C@@H]4C=CC[C@H]43)cc2)cc(Br)c1OCc1cccc(F)c1. The zero-order valence-electron chi connectivity index (χ0n) is 22.4. The Morgan fingerprint density at radius 3 is 2.70 bits per heavy atom. The van der Waals surface area contributed by atoms with Crippen molar-refractivity contribution in [3.8, 4) is 11.5 Å². The average Bonchev–Trinajstić information content (AvgIpc) is 3.46. The lowest BCUT2D eigenvalue weighted by Gasteiger charge is -2.37. The highest BCUT2D eigenvalue weighted by molar-refractivity contribution is 9.10. The fourth-order valence-corrected chi connectivity index (χ4v) is 6.27. The lowest BCUT2D eigenvalue weighted by Crippen LogP contribution is -2.29. The zero-order chi connectivity index (χ0) is 27.6. The Labute approximate surface area is 242 Å². The van der Waals surface area contributed by atoms with Crippen LogP contribution in [0, 0.1) is 18.7 Å². The van der Waals surface area contributed by atoms with Crippen molar-refractivity contribution >= 4 is 33.5 Å². The van der Waals surface area contributed by atoms with Crippen molar-refractivity contribution in [2.45, 2.75) is 31.9 Å². The fraction of sp³-hybridized carbons (Fsp3) is 0.206. The summed E-state index contributed by atoms with van der Waals surface area (Å²) in [4.78, 5) is 4.71. The van der Waals surface area contributed by atoms with Gasteiger partial charge in [-0.25, -0.2) is 4.39 Å². The minimum Gasteiger partial charge on any atom is -0.493 e. The van der Waals surface area contributed by atoms with E-state index in [9.17, 15) is 4.39 Å². The molecule has 1 aliphatic carbocycles. The van der Waals surface area contributed by atoms with E-state index < -0.39 is 0 Å². The van der Waals surface area contributed by atoms with E-state index >= 15 is 0 Å². The Kier molecular flexibility index (Phi) is 7.44. The van der Waals surface area contributed by atoms with Gasteiger partial charge in [0.2, 0.25) is 0 Å². The van der Waals surface area contributed by atoms with E-state index in [1.165, 1.54) is 34.5 Å².